The van der Waals surface area contributed by atoms with Crippen LogP contribution in [0.15, 0.2) is 72.8 Å². The van der Waals surface area contributed by atoms with Crippen LogP contribution in [-0.4, -0.2) is 14.7 Å². The summed E-state index contributed by atoms with van der Waals surface area (Å²) in [4.78, 5) is 2.24. The van der Waals surface area contributed by atoms with Crippen LogP contribution in [0.1, 0.15) is 16.7 Å². The molecule has 0 bridgehead atoms. The number of benzene rings is 3. The van der Waals surface area contributed by atoms with Gasteiger partial charge in [-0.1, -0.05) is 60.1 Å². The van der Waals surface area contributed by atoms with Crippen LogP contribution in [0.2, 0.25) is 5.02 Å². The zero-order chi connectivity index (χ0) is 20.1. The maximum Gasteiger partial charge on any atom is 0.229 e. The molecule has 146 valence electrons. The maximum atomic E-state index is 11.7. The highest BCUT2D eigenvalue weighted by Crippen LogP contribution is 2.30. The summed E-state index contributed by atoms with van der Waals surface area (Å²) < 4.78 is 26.0. The average molecular weight is 415 g/mol. The summed E-state index contributed by atoms with van der Waals surface area (Å²) in [6.07, 6.45) is 1.16. The summed E-state index contributed by atoms with van der Waals surface area (Å²) in [6.45, 7) is 3.31. The lowest BCUT2D eigenvalue weighted by Crippen LogP contribution is -2.23. The Kier molecular flexibility index (Phi) is 6.27. The van der Waals surface area contributed by atoms with E-state index in [9.17, 15) is 8.42 Å². The average Bonchev–Trinajstić information content (AvgIpc) is 2.65. The van der Waals surface area contributed by atoms with Gasteiger partial charge < -0.3 is 4.90 Å². The van der Waals surface area contributed by atoms with Gasteiger partial charge in [-0.15, -0.1) is 0 Å². The first-order valence-electron chi connectivity index (χ1n) is 8.92. The Labute approximate surface area is 171 Å². The highest BCUT2D eigenvalue weighted by atomic mass is 35.5. The molecule has 0 amide bonds. The van der Waals surface area contributed by atoms with E-state index in [1.54, 1.807) is 6.07 Å². The molecule has 0 aliphatic carbocycles. The molecular formula is C22H23ClN2O2S. The topological polar surface area (TPSA) is 49.4 Å². The second-order valence-corrected chi connectivity index (χ2v) is 8.98. The molecule has 4 nitrogen and oxygen atoms in total. The summed E-state index contributed by atoms with van der Waals surface area (Å²) in [5.41, 5.74) is 4.76. The second-order valence-electron chi connectivity index (χ2n) is 6.79. The Bertz CT molecular complexity index is 1040. The van der Waals surface area contributed by atoms with Crippen molar-refractivity contribution in [3.8, 4) is 0 Å². The minimum Gasteiger partial charge on any atom is -0.363 e. The lowest BCUT2D eigenvalue weighted by Gasteiger charge is -2.28. The molecule has 0 heterocycles. The number of anilines is 2. The van der Waals surface area contributed by atoms with Crippen molar-refractivity contribution in [2.45, 2.75) is 20.0 Å². The maximum absolute atomic E-state index is 11.7. The number of rotatable bonds is 7. The summed E-state index contributed by atoms with van der Waals surface area (Å²) in [5.74, 6) is 0. The molecule has 0 fully saturated rings. The fourth-order valence-corrected chi connectivity index (χ4v) is 3.86. The van der Waals surface area contributed by atoms with Crippen LogP contribution in [0.25, 0.3) is 0 Å². The third-order valence-corrected chi connectivity index (χ3v) is 5.29. The molecular weight excluding hydrogens is 392 g/mol. The van der Waals surface area contributed by atoms with E-state index in [0.29, 0.717) is 23.8 Å². The smallest absolute Gasteiger partial charge is 0.229 e. The van der Waals surface area contributed by atoms with Gasteiger partial charge in [0.2, 0.25) is 10.0 Å². The first-order valence-corrected chi connectivity index (χ1v) is 11.2. The fraction of sp³-hybridized carbons (Fsp3) is 0.182. The zero-order valence-corrected chi connectivity index (χ0v) is 17.5. The molecule has 3 rings (SSSR count). The summed E-state index contributed by atoms with van der Waals surface area (Å²) in [7, 11) is -3.35. The van der Waals surface area contributed by atoms with Gasteiger partial charge in [0.25, 0.3) is 0 Å². The van der Waals surface area contributed by atoms with Crippen LogP contribution in [0.3, 0.4) is 0 Å². The lowest BCUT2D eigenvalue weighted by atomic mass is 10.1. The van der Waals surface area contributed by atoms with Gasteiger partial charge in [-0.05, 0) is 47.9 Å². The van der Waals surface area contributed by atoms with Gasteiger partial charge in [-0.3, -0.25) is 4.72 Å². The number of nitrogens with zero attached hydrogens (tertiary/aromatic N) is 1. The van der Waals surface area contributed by atoms with E-state index in [-0.39, 0.29) is 0 Å². The Morgan fingerprint density at radius 1 is 0.857 bits per heavy atom. The largest absolute Gasteiger partial charge is 0.363 e. The predicted molar refractivity (Wildman–Crippen MR) is 117 cm³/mol. The van der Waals surface area contributed by atoms with Crippen LogP contribution in [0.4, 0.5) is 11.4 Å². The molecule has 0 spiro atoms. The van der Waals surface area contributed by atoms with Crippen LogP contribution in [-0.2, 0) is 23.1 Å². The Morgan fingerprint density at radius 3 is 2.07 bits per heavy atom. The SMILES string of the molecule is Cc1c(NS(C)(=O)=O)cccc1N(Cc1ccccc1)Cc1ccc(Cl)cc1. The van der Waals surface area contributed by atoms with Crippen molar-refractivity contribution >= 4 is 33.0 Å². The number of hydrogen-bond donors (Lipinski definition) is 1. The van der Waals surface area contributed by atoms with Gasteiger partial charge in [0.15, 0.2) is 0 Å². The minimum atomic E-state index is -3.35. The molecule has 0 aliphatic rings. The first kappa shape index (κ1) is 20.2. The Morgan fingerprint density at radius 2 is 1.46 bits per heavy atom. The normalized spacial score (nSPS) is 11.2. The van der Waals surface area contributed by atoms with E-state index in [1.807, 2.05) is 61.5 Å². The predicted octanol–water partition coefficient (Wildman–Crippen LogP) is 5.23. The van der Waals surface area contributed by atoms with Crippen LogP contribution >= 0.6 is 11.6 Å². The van der Waals surface area contributed by atoms with Gasteiger partial charge >= 0.3 is 0 Å². The molecule has 0 saturated carbocycles. The molecule has 0 radical (unpaired) electrons. The van der Waals surface area contributed by atoms with Crippen molar-refractivity contribution in [1.82, 2.24) is 0 Å². The zero-order valence-electron chi connectivity index (χ0n) is 15.9. The van der Waals surface area contributed by atoms with Crippen molar-refractivity contribution in [3.63, 3.8) is 0 Å². The van der Waals surface area contributed by atoms with Gasteiger partial charge in [0.1, 0.15) is 0 Å². The summed E-state index contributed by atoms with van der Waals surface area (Å²) >= 11 is 6.02. The van der Waals surface area contributed by atoms with Crippen molar-refractivity contribution in [3.05, 3.63) is 94.5 Å². The van der Waals surface area contributed by atoms with Crippen molar-refractivity contribution in [2.75, 3.05) is 15.9 Å². The lowest BCUT2D eigenvalue weighted by molar-refractivity contribution is 0.606. The minimum absolute atomic E-state index is 0.592. The molecule has 0 atom stereocenters. The van der Waals surface area contributed by atoms with Crippen molar-refractivity contribution in [2.24, 2.45) is 0 Å². The second kappa shape index (κ2) is 8.67. The molecule has 1 N–H and O–H groups in total. The molecule has 0 aromatic heterocycles. The van der Waals surface area contributed by atoms with E-state index >= 15 is 0 Å². The van der Waals surface area contributed by atoms with Gasteiger partial charge in [-0.25, -0.2) is 8.42 Å². The van der Waals surface area contributed by atoms with E-state index in [2.05, 4.69) is 21.8 Å². The Balaban J connectivity index is 1.98. The Hall–Kier alpha value is -2.50. The van der Waals surface area contributed by atoms with Crippen molar-refractivity contribution in [1.29, 1.82) is 0 Å². The number of nitrogens with one attached hydrogen (secondary N) is 1. The van der Waals surface area contributed by atoms with E-state index in [0.717, 1.165) is 23.1 Å². The van der Waals surface area contributed by atoms with Crippen LogP contribution in [0.5, 0.6) is 0 Å². The molecule has 3 aromatic rings. The molecule has 6 heteroatoms. The third kappa shape index (κ3) is 5.50. The van der Waals surface area contributed by atoms with Gasteiger partial charge in [0, 0.05) is 23.8 Å². The van der Waals surface area contributed by atoms with Gasteiger partial charge in [0.05, 0.1) is 11.9 Å². The van der Waals surface area contributed by atoms with E-state index < -0.39 is 10.0 Å². The van der Waals surface area contributed by atoms with Gasteiger partial charge in [-0.2, -0.15) is 0 Å². The number of sulfonamides is 1. The number of hydrogen-bond acceptors (Lipinski definition) is 3. The monoisotopic (exact) mass is 414 g/mol. The molecule has 28 heavy (non-hydrogen) atoms. The standard InChI is InChI=1S/C22H23ClN2O2S/c1-17-21(24-28(2,26)27)9-6-10-22(17)25(15-18-7-4-3-5-8-18)16-19-11-13-20(23)14-12-19/h3-14,24H,15-16H2,1-2H3. The molecule has 0 saturated heterocycles. The third-order valence-electron chi connectivity index (χ3n) is 4.44. The molecule has 3 aromatic carbocycles. The fourth-order valence-electron chi connectivity index (χ4n) is 3.12. The molecule has 0 unspecified atom stereocenters. The highest BCUT2D eigenvalue weighted by molar-refractivity contribution is 7.92. The van der Waals surface area contributed by atoms with E-state index in [1.165, 1.54) is 5.56 Å². The van der Waals surface area contributed by atoms with E-state index in [4.69, 9.17) is 11.6 Å². The quantitative estimate of drug-likeness (QED) is 0.576. The summed E-state index contributed by atoms with van der Waals surface area (Å²) in [6, 6.07) is 23.6. The highest BCUT2D eigenvalue weighted by Gasteiger charge is 2.15. The van der Waals surface area contributed by atoms with Crippen LogP contribution < -0.4 is 9.62 Å². The summed E-state index contributed by atoms with van der Waals surface area (Å²) in [5, 5.41) is 0.703. The number of halogens is 1. The molecule has 0 aliphatic heterocycles. The van der Waals surface area contributed by atoms with Crippen LogP contribution in [0, 0.1) is 6.92 Å². The van der Waals surface area contributed by atoms with Crippen molar-refractivity contribution < 1.29 is 8.42 Å². The first-order chi connectivity index (χ1) is 13.3.